The van der Waals surface area contributed by atoms with Gasteiger partial charge >= 0.3 is 5.97 Å². The van der Waals surface area contributed by atoms with Crippen LogP contribution >= 0.6 is 49.9 Å². The number of ether oxygens (including phenoxy) is 1. The molecule has 2 nitrogen and oxygen atoms in total. The van der Waals surface area contributed by atoms with Crippen LogP contribution in [0.25, 0.3) is 19.5 Å². The number of rotatable bonds is 9. The molecule has 3 aromatic heterocycles. The average Bonchev–Trinajstić information content (AvgIpc) is 4.09. The van der Waals surface area contributed by atoms with Crippen LogP contribution in [0.5, 0.6) is 0 Å². The van der Waals surface area contributed by atoms with Gasteiger partial charge in [-0.25, -0.2) is 0 Å². The van der Waals surface area contributed by atoms with Gasteiger partial charge in [-0.15, -0.1) is 34.0 Å². The molecule has 0 saturated heterocycles. The summed E-state index contributed by atoms with van der Waals surface area (Å²) in [6.07, 6.45) is 0. The Morgan fingerprint density at radius 3 is 0.787 bits per heavy atom. The average molecular weight is 889 g/mol. The van der Waals surface area contributed by atoms with Crippen molar-refractivity contribution < 1.29 is 9.53 Å². The van der Waals surface area contributed by atoms with Gasteiger partial charge in [0.2, 0.25) is 0 Å². The summed E-state index contributed by atoms with van der Waals surface area (Å²) in [6.45, 7) is 7.97. The molecule has 306 valence electrons. The van der Waals surface area contributed by atoms with E-state index < -0.39 is 15.8 Å². The molecule has 0 radical (unpaired) electrons. The highest BCUT2D eigenvalue weighted by Gasteiger charge is 2.16. The zero-order chi connectivity index (χ0) is 42.7. The van der Waals surface area contributed by atoms with Gasteiger partial charge in [-0.05, 0) is 105 Å². The molecule has 0 bridgehead atoms. The molecule has 0 atom stereocenters. The fourth-order valence-electron chi connectivity index (χ4n) is 6.30. The van der Waals surface area contributed by atoms with Crippen molar-refractivity contribution in [1.82, 2.24) is 0 Å². The van der Waals surface area contributed by atoms with E-state index in [9.17, 15) is 4.79 Å². The minimum Gasteiger partial charge on any atom is -0.466 e. The summed E-state index contributed by atoms with van der Waals surface area (Å²) in [5.74, 6) is -0.211. The van der Waals surface area contributed by atoms with E-state index in [1.165, 1.54) is 68.0 Å². The molecule has 0 saturated carbocycles. The summed E-state index contributed by atoms with van der Waals surface area (Å²) < 4.78 is 4.40. The fourth-order valence-corrected chi connectivity index (χ4v) is 13.8. The Balaban J connectivity index is 0.000000144. The van der Waals surface area contributed by atoms with E-state index in [2.05, 4.69) is 237 Å². The Morgan fingerprint density at radius 2 is 0.607 bits per heavy atom. The second-order valence-corrected chi connectivity index (χ2v) is 21.7. The van der Waals surface area contributed by atoms with Crippen LogP contribution < -0.4 is 31.8 Å². The van der Waals surface area contributed by atoms with Gasteiger partial charge in [-0.1, -0.05) is 182 Å². The second-order valence-electron chi connectivity index (χ2n) is 13.6. The lowest BCUT2D eigenvalue weighted by Gasteiger charge is -2.18. The third-order valence-corrected chi connectivity index (χ3v) is 17.4. The molecule has 0 aliphatic rings. The molecule has 0 aliphatic heterocycles. The van der Waals surface area contributed by atoms with Gasteiger partial charge in [0.15, 0.2) is 0 Å². The first kappa shape index (κ1) is 45.3. The van der Waals surface area contributed by atoms with Crippen LogP contribution in [0.1, 0.15) is 23.6 Å². The molecule has 0 amide bonds. The van der Waals surface area contributed by atoms with E-state index in [-0.39, 0.29) is 5.97 Å². The Morgan fingerprint density at radius 1 is 0.377 bits per heavy atom. The molecule has 61 heavy (non-hydrogen) atoms. The topological polar surface area (TPSA) is 26.3 Å². The first-order valence-electron chi connectivity index (χ1n) is 20.2. The van der Waals surface area contributed by atoms with Crippen molar-refractivity contribution >= 4 is 87.7 Å². The number of benzene rings is 6. The maximum absolute atomic E-state index is 9.82. The van der Waals surface area contributed by atoms with Gasteiger partial charge < -0.3 is 4.74 Å². The van der Waals surface area contributed by atoms with E-state index in [4.69, 9.17) is 0 Å². The quantitative estimate of drug-likeness (QED) is 0.107. The molecule has 3 heterocycles. The Labute approximate surface area is 376 Å². The maximum Gasteiger partial charge on any atom is 0.302 e. The third kappa shape index (κ3) is 13.9. The first-order chi connectivity index (χ1) is 29.9. The maximum atomic E-state index is 9.82. The first-order valence-corrected chi connectivity index (χ1v) is 25.3. The molecule has 9 aromatic rings. The molecule has 0 fully saturated rings. The minimum atomic E-state index is -0.446. The Bertz CT molecular complexity index is 2230. The SMILES string of the molecule is CCOC(C)=O.Cc1ccc(-c2ccc(-c3ccc(C)s3)s2)s1.c1ccc(P(c2ccccc2)c2ccccc2)cc1.c1ccc(P(c2ccccc2)c2ccccc2)cc1. The molecular weight excluding hydrogens is 839 g/mol. The summed E-state index contributed by atoms with van der Waals surface area (Å²) in [4.78, 5) is 18.1. The van der Waals surface area contributed by atoms with Crippen molar-refractivity contribution in [3.63, 3.8) is 0 Å². The van der Waals surface area contributed by atoms with Gasteiger partial charge in [0, 0.05) is 36.2 Å². The summed E-state index contributed by atoms with van der Waals surface area (Å²) in [5, 5.41) is 8.39. The predicted molar refractivity (Wildman–Crippen MR) is 273 cm³/mol. The number of esters is 1. The van der Waals surface area contributed by atoms with Crippen molar-refractivity contribution in [2.24, 2.45) is 0 Å². The van der Waals surface area contributed by atoms with Gasteiger partial charge in [0.1, 0.15) is 0 Å². The lowest BCUT2D eigenvalue weighted by atomic mass is 10.3. The van der Waals surface area contributed by atoms with Crippen LogP contribution in [0, 0.1) is 13.8 Å². The molecule has 7 heteroatoms. The molecule has 0 unspecified atom stereocenters. The zero-order valence-corrected chi connectivity index (χ0v) is 39.2. The second kappa shape index (κ2) is 24.3. The number of aryl methyl sites for hydroxylation is 2. The van der Waals surface area contributed by atoms with Crippen LogP contribution in [0.3, 0.4) is 0 Å². The summed E-state index contributed by atoms with van der Waals surface area (Å²) in [6, 6.07) is 77.9. The van der Waals surface area contributed by atoms with Gasteiger partial charge in [0.05, 0.1) is 6.61 Å². The van der Waals surface area contributed by atoms with Gasteiger partial charge in [-0.3, -0.25) is 4.79 Å². The lowest BCUT2D eigenvalue weighted by Crippen LogP contribution is -2.20. The van der Waals surface area contributed by atoms with Crippen molar-refractivity contribution in [3.8, 4) is 19.5 Å². The number of hydrogen-bond donors (Lipinski definition) is 0. The smallest absolute Gasteiger partial charge is 0.302 e. The van der Waals surface area contributed by atoms with E-state index in [0.29, 0.717) is 6.61 Å². The predicted octanol–water partition coefficient (Wildman–Crippen LogP) is 13.3. The highest BCUT2D eigenvalue weighted by Crippen LogP contribution is 2.40. The van der Waals surface area contributed by atoms with Crippen molar-refractivity contribution in [1.29, 1.82) is 0 Å². The largest absolute Gasteiger partial charge is 0.466 e. The fraction of sp³-hybridized carbons (Fsp3) is 0.0926. The Kier molecular flexibility index (Phi) is 18.0. The summed E-state index contributed by atoms with van der Waals surface area (Å²) >= 11 is 5.62. The number of carbonyl (C=O) groups is 1. The number of carbonyl (C=O) groups excluding carboxylic acids is 1. The number of hydrogen-bond acceptors (Lipinski definition) is 5. The van der Waals surface area contributed by atoms with Gasteiger partial charge in [-0.2, -0.15) is 0 Å². The molecule has 0 N–H and O–H groups in total. The van der Waals surface area contributed by atoms with Crippen molar-refractivity contribution in [2.75, 3.05) is 6.61 Å². The van der Waals surface area contributed by atoms with E-state index in [1.807, 2.05) is 34.0 Å². The third-order valence-electron chi connectivity index (χ3n) is 9.01. The highest BCUT2D eigenvalue weighted by molar-refractivity contribution is 7.80. The molecule has 0 aliphatic carbocycles. The van der Waals surface area contributed by atoms with Crippen LogP contribution in [-0.4, -0.2) is 12.6 Å². The van der Waals surface area contributed by atoms with Crippen molar-refractivity contribution in [3.05, 3.63) is 228 Å². The van der Waals surface area contributed by atoms with Crippen LogP contribution in [0.15, 0.2) is 218 Å². The van der Waals surface area contributed by atoms with E-state index >= 15 is 0 Å². The summed E-state index contributed by atoms with van der Waals surface area (Å²) in [5.41, 5.74) is 0. The van der Waals surface area contributed by atoms with Crippen molar-refractivity contribution in [2.45, 2.75) is 27.7 Å². The normalized spacial score (nSPS) is 10.4. The monoisotopic (exact) mass is 888 g/mol. The molecule has 0 spiro atoms. The lowest BCUT2D eigenvalue weighted by molar-refractivity contribution is -0.140. The standard InChI is InChI=1S/2C18H15P.C14H12S3.C4H8O2/c2*1-4-10-16(11-5-1)19(17-12-6-2-7-13-17)18-14-8-3-9-15-18;1-9-3-5-11(15-9)13-7-8-14(17-13)12-6-4-10(2)16-12;1-3-6-4(2)5/h2*1-15H;3-8H,1-2H3;3H2,1-2H3. The van der Waals surface area contributed by atoms with Crippen LogP contribution in [-0.2, 0) is 9.53 Å². The Hall–Kier alpha value is -5.25. The molecule has 9 rings (SSSR count). The van der Waals surface area contributed by atoms with E-state index in [0.717, 1.165) is 0 Å². The zero-order valence-electron chi connectivity index (χ0n) is 34.9. The van der Waals surface area contributed by atoms with Gasteiger partial charge in [0.25, 0.3) is 0 Å². The minimum absolute atomic E-state index is 0.211. The van der Waals surface area contributed by atoms with Crippen LogP contribution in [0.2, 0.25) is 0 Å². The van der Waals surface area contributed by atoms with Crippen LogP contribution in [0.4, 0.5) is 0 Å². The molecular formula is C54H50O2P2S3. The molecule has 6 aromatic carbocycles. The highest BCUT2D eigenvalue weighted by atomic mass is 32.1. The summed E-state index contributed by atoms with van der Waals surface area (Å²) in [7, 11) is -0.892. The number of thiophene rings is 3. The van der Waals surface area contributed by atoms with E-state index in [1.54, 1.807) is 6.92 Å².